The molecule has 2 fully saturated rings. The Morgan fingerprint density at radius 1 is 1.00 bits per heavy atom. The molecule has 1 aromatic heterocycles. The summed E-state index contributed by atoms with van der Waals surface area (Å²) in [5.41, 5.74) is 2.29. The Hall–Kier alpha value is -2.40. The molecule has 5 rings (SSSR count). The van der Waals surface area contributed by atoms with Crippen molar-refractivity contribution < 1.29 is 13.2 Å². The van der Waals surface area contributed by atoms with Crippen LogP contribution in [-0.4, -0.2) is 64.5 Å². The number of hydrogen-bond acceptors (Lipinski definition) is 7. The molecule has 0 saturated carbocycles. The summed E-state index contributed by atoms with van der Waals surface area (Å²) in [5, 5.41) is 3.20. The highest BCUT2D eigenvalue weighted by Crippen LogP contribution is 2.28. The number of likely N-dealkylation sites (tertiary alicyclic amines) is 1. The molecule has 0 bridgehead atoms. The smallest absolute Gasteiger partial charge is 0.245 e. The number of amides is 1. The van der Waals surface area contributed by atoms with Gasteiger partial charge in [-0.05, 0) is 43.4 Å². The molecular formula is C24H29N5O3S2. The molecule has 2 saturated heterocycles. The molecule has 2 aliphatic heterocycles. The first-order valence-corrected chi connectivity index (χ1v) is 14.0. The minimum Gasteiger partial charge on any atom is -0.353 e. The lowest BCUT2D eigenvalue weighted by Crippen LogP contribution is -2.50. The van der Waals surface area contributed by atoms with Crippen LogP contribution in [0.2, 0.25) is 0 Å². The third kappa shape index (κ3) is 5.00. The predicted octanol–water partition coefficient (Wildman–Crippen LogP) is 2.87. The minimum absolute atomic E-state index is 0.0325. The second-order valence-electron chi connectivity index (χ2n) is 9.13. The quantitative estimate of drug-likeness (QED) is 0.560. The summed E-state index contributed by atoms with van der Waals surface area (Å²) < 4.78 is 36.5. The van der Waals surface area contributed by atoms with Crippen molar-refractivity contribution >= 4 is 38.7 Å². The number of carbonyl (C=O) groups is 1. The first-order valence-electron chi connectivity index (χ1n) is 11.8. The summed E-state index contributed by atoms with van der Waals surface area (Å²) in [7, 11) is -3.74. The maximum Gasteiger partial charge on any atom is 0.245 e. The second kappa shape index (κ2) is 10.1. The van der Waals surface area contributed by atoms with Crippen molar-refractivity contribution in [3.63, 3.8) is 0 Å². The normalized spacial score (nSPS) is 21.0. The third-order valence-corrected chi connectivity index (χ3v) is 9.24. The lowest BCUT2D eigenvalue weighted by atomic mass is 9.97. The van der Waals surface area contributed by atoms with Crippen molar-refractivity contribution in [2.75, 3.05) is 26.2 Å². The van der Waals surface area contributed by atoms with Gasteiger partial charge < -0.3 is 5.32 Å². The molecule has 1 N–H and O–H groups in total. The van der Waals surface area contributed by atoms with Crippen LogP contribution in [0, 0.1) is 5.92 Å². The molecule has 2 aliphatic rings. The zero-order valence-corrected chi connectivity index (χ0v) is 20.6. The summed E-state index contributed by atoms with van der Waals surface area (Å²) >= 11 is 1.00. The first kappa shape index (κ1) is 23.3. The second-order valence-corrected chi connectivity index (χ2v) is 11.6. The van der Waals surface area contributed by atoms with Crippen molar-refractivity contribution in [1.29, 1.82) is 0 Å². The molecule has 180 valence electrons. The Bertz CT molecular complexity index is 1240. The average Bonchev–Trinajstić information content (AvgIpc) is 3.35. The standard InChI is InChI=1S/C24H29N5O3S2/c30-24(25-20-11-14-28(15-12-20)16-18-6-2-1-3-7-18)19-8-5-13-29(17-19)34(31,32)22-10-4-9-21-23(22)27-33-26-21/h1-4,6-7,9-10,19-20H,5,8,11-17H2,(H,25,30)/t19-/m0/s1. The molecule has 8 nitrogen and oxygen atoms in total. The highest BCUT2D eigenvalue weighted by Gasteiger charge is 2.35. The van der Waals surface area contributed by atoms with Gasteiger partial charge >= 0.3 is 0 Å². The summed E-state index contributed by atoms with van der Waals surface area (Å²) in [4.78, 5) is 15.6. The molecule has 1 amide bonds. The Morgan fingerprint density at radius 2 is 1.79 bits per heavy atom. The van der Waals surface area contributed by atoms with Gasteiger partial charge in [-0.2, -0.15) is 13.1 Å². The van der Waals surface area contributed by atoms with E-state index < -0.39 is 10.0 Å². The van der Waals surface area contributed by atoms with Crippen LogP contribution in [0.1, 0.15) is 31.2 Å². The molecule has 2 aromatic carbocycles. The molecular weight excluding hydrogens is 470 g/mol. The fourth-order valence-electron chi connectivity index (χ4n) is 4.90. The van der Waals surface area contributed by atoms with E-state index >= 15 is 0 Å². The van der Waals surface area contributed by atoms with Gasteiger partial charge in [0.25, 0.3) is 0 Å². The van der Waals surface area contributed by atoms with E-state index in [0.717, 1.165) is 44.2 Å². The number of piperidine rings is 2. The SMILES string of the molecule is O=C(NC1CCN(Cc2ccccc2)CC1)[C@H]1CCCN(S(=O)(=O)c2cccc3nsnc23)C1. The number of benzene rings is 2. The van der Waals surface area contributed by atoms with Crippen LogP contribution in [0.4, 0.5) is 0 Å². The van der Waals surface area contributed by atoms with Crippen molar-refractivity contribution in [2.24, 2.45) is 5.92 Å². The number of nitrogens with zero attached hydrogens (tertiary/aromatic N) is 4. The van der Waals surface area contributed by atoms with Crippen molar-refractivity contribution in [1.82, 2.24) is 23.3 Å². The van der Waals surface area contributed by atoms with Crippen LogP contribution < -0.4 is 5.32 Å². The van der Waals surface area contributed by atoms with E-state index in [9.17, 15) is 13.2 Å². The molecule has 0 unspecified atom stereocenters. The van der Waals surface area contributed by atoms with E-state index in [0.29, 0.717) is 30.4 Å². The number of hydrogen-bond donors (Lipinski definition) is 1. The fraction of sp³-hybridized carbons (Fsp3) is 0.458. The molecule has 0 radical (unpaired) electrons. The van der Waals surface area contributed by atoms with E-state index in [1.165, 1.54) is 9.87 Å². The number of fused-ring (bicyclic) bond motifs is 1. The van der Waals surface area contributed by atoms with Crippen molar-refractivity contribution in [3.05, 3.63) is 54.1 Å². The molecule has 10 heteroatoms. The molecule has 34 heavy (non-hydrogen) atoms. The van der Waals surface area contributed by atoms with Gasteiger partial charge in [-0.3, -0.25) is 9.69 Å². The van der Waals surface area contributed by atoms with E-state index in [2.05, 4.69) is 43.2 Å². The van der Waals surface area contributed by atoms with Crippen molar-refractivity contribution in [2.45, 2.75) is 43.2 Å². The van der Waals surface area contributed by atoms with Gasteiger partial charge in [0.1, 0.15) is 15.9 Å². The summed E-state index contributed by atoms with van der Waals surface area (Å²) in [6.45, 7) is 3.43. The van der Waals surface area contributed by atoms with Crippen LogP contribution >= 0.6 is 11.7 Å². The highest BCUT2D eigenvalue weighted by atomic mass is 32.2. The molecule has 1 atom stereocenters. The molecule has 0 spiro atoms. The number of aromatic nitrogens is 2. The zero-order chi connectivity index (χ0) is 23.5. The fourth-order valence-corrected chi connectivity index (χ4v) is 7.18. The van der Waals surface area contributed by atoms with Gasteiger partial charge in [-0.15, -0.1) is 0 Å². The monoisotopic (exact) mass is 499 g/mol. The van der Waals surface area contributed by atoms with Gasteiger partial charge in [0.05, 0.1) is 17.6 Å². The Labute approximate surface area is 204 Å². The van der Waals surface area contributed by atoms with Crippen LogP contribution in [0.3, 0.4) is 0 Å². The van der Waals surface area contributed by atoms with Crippen molar-refractivity contribution in [3.8, 4) is 0 Å². The minimum atomic E-state index is -3.74. The number of nitrogens with one attached hydrogen (secondary N) is 1. The summed E-state index contributed by atoms with van der Waals surface area (Å²) in [5.74, 6) is -0.367. The van der Waals surface area contributed by atoms with Crippen LogP contribution in [0.25, 0.3) is 11.0 Å². The topological polar surface area (TPSA) is 95.5 Å². The highest BCUT2D eigenvalue weighted by molar-refractivity contribution is 7.89. The summed E-state index contributed by atoms with van der Waals surface area (Å²) in [6, 6.07) is 15.6. The van der Waals surface area contributed by atoms with Crippen LogP contribution in [0.15, 0.2) is 53.4 Å². The van der Waals surface area contributed by atoms with E-state index in [1.807, 2.05) is 6.07 Å². The van der Waals surface area contributed by atoms with Gasteiger partial charge in [0.2, 0.25) is 15.9 Å². The van der Waals surface area contributed by atoms with E-state index in [1.54, 1.807) is 18.2 Å². The van der Waals surface area contributed by atoms with Gasteiger partial charge in [0, 0.05) is 38.8 Å². The maximum atomic E-state index is 13.4. The zero-order valence-electron chi connectivity index (χ0n) is 19.0. The predicted molar refractivity (Wildman–Crippen MR) is 132 cm³/mol. The maximum absolute atomic E-state index is 13.4. The Kier molecular flexibility index (Phi) is 6.91. The van der Waals surface area contributed by atoms with Gasteiger partial charge in [0.15, 0.2) is 0 Å². The largest absolute Gasteiger partial charge is 0.353 e. The van der Waals surface area contributed by atoms with Gasteiger partial charge in [-0.1, -0.05) is 36.4 Å². The lowest BCUT2D eigenvalue weighted by molar-refractivity contribution is -0.127. The Balaban J connectivity index is 1.17. The number of sulfonamides is 1. The Morgan fingerprint density at radius 3 is 2.59 bits per heavy atom. The van der Waals surface area contributed by atoms with E-state index in [4.69, 9.17) is 0 Å². The third-order valence-electron chi connectivity index (χ3n) is 6.80. The molecule has 3 heterocycles. The van der Waals surface area contributed by atoms with Crippen LogP contribution in [-0.2, 0) is 21.4 Å². The average molecular weight is 500 g/mol. The molecule has 0 aliphatic carbocycles. The summed E-state index contributed by atoms with van der Waals surface area (Å²) in [6.07, 6.45) is 3.18. The first-order chi connectivity index (χ1) is 16.5. The number of rotatable bonds is 6. The van der Waals surface area contributed by atoms with Crippen LogP contribution in [0.5, 0.6) is 0 Å². The van der Waals surface area contributed by atoms with Gasteiger partial charge in [-0.25, -0.2) is 8.42 Å². The lowest BCUT2D eigenvalue weighted by Gasteiger charge is -2.35. The number of carbonyl (C=O) groups excluding carboxylic acids is 1. The molecule has 3 aromatic rings. The van der Waals surface area contributed by atoms with E-state index in [-0.39, 0.29) is 29.3 Å².